The molecule has 0 bridgehead atoms. The number of hydrogen-bond donors (Lipinski definition) is 0. The molecular weight excluding hydrogens is 355 g/mol. The Bertz CT molecular complexity index is 688. The van der Waals surface area contributed by atoms with E-state index in [1.807, 2.05) is 62.4 Å². The third-order valence-electron chi connectivity index (χ3n) is 4.73. The average Bonchev–Trinajstić information content (AvgIpc) is 2.67. The lowest BCUT2D eigenvalue weighted by Gasteiger charge is -2.19. The van der Waals surface area contributed by atoms with Crippen molar-refractivity contribution in [3.8, 4) is 0 Å². The topological polar surface area (TPSA) is 35.5 Å². The van der Waals surface area contributed by atoms with E-state index < -0.39 is 7.60 Å². The minimum absolute atomic E-state index is 0.295. The lowest BCUT2D eigenvalue weighted by molar-refractivity contribution is 0.194. The van der Waals surface area contributed by atoms with Gasteiger partial charge in [0.15, 0.2) is 0 Å². The van der Waals surface area contributed by atoms with Gasteiger partial charge in [0.05, 0.1) is 19.4 Å². The highest BCUT2D eigenvalue weighted by Crippen LogP contribution is 2.54. The first-order valence-corrected chi connectivity index (χ1v) is 11.5. The minimum atomic E-state index is -3.26. The van der Waals surface area contributed by atoms with Crippen molar-refractivity contribution in [3.05, 3.63) is 76.9 Å². The molecule has 0 aliphatic heterocycles. The van der Waals surface area contributed by atoms with Crippen LogP contribution < -0.4 is 0 Å². The smallest absolute Gasteiger partial charge is 0.304 e. The molecule has 4 heteroatoms. The zero-order chi connectivity index (χ0) is 19.5. The van der Waals surface area contributed by atoms with E-state index >= 15 is 0 Å². The number of unbranched alkanes of at least 4 members (excludes halogenated alkanes) is 4. The molecule has 0 aliphatic rings. The van der Waals surface area contributed by atoms with Crippen molar-refractivity contribution in [2.24, 2.45) is 0 Å². The highest BCUT2D eigenvalue weighted by Gasteiger charge is 2.25. The Kier molecular flexibility index (Phi) is 9.27. The monoisotopic (exact) mass is 387 g/mol. The second kappa shape index (κ2) is 11.4. The van der Waals surface area contributed by atoms with Crippen molar-refractivity contribution in [2.75, 3.05) is 0 Å². The molecule has 3 nitrogen and oxygen atoms in total. The van der Waals surface area contributed by atoms with Gasteiger partial charge in [-0.3, -0.25) is 4.57 Å². The summed E-state index contributed by atoms with van der Waals surface area (Å²) in [6.45, 7) is 6.84. The van der Waals surface area contributed by atoms with Gasteiger partial charge in [0.1, 0.15) is 0 Å². The molecule has 0 aromatic heterocycles. The normalized spacial score (nSPS) is 11.7. The van der Waals surface area contributed by atoms with E-state index in [1.165, 1.54) is 12.8 Å². The largest absolute Gasteiger partial charge is 0.335 e. The zero-order valence-corrected chi connectivity index (χ0v) is 17.7. The third kappa shape index (κ3) is 7.62. The predicted molar refractivity (Wildman–Crippen MR) is 113 cm³/mol. The van der Waals surface area contributed by atoms with Crippen LogP contribution in [0.3, 0.4) is 0 Å². The average molecular weight is 387 g/mol. The van der Waals surface area contributed by atoms with Crippen LogP contribution in [0, 0.1) is 20.0 Å². The molecule has 0 aliphatic carbocycles. The Morgan fingerprint density at radius 3 is 1.81 bits per heavy atom. The molecule has 0 saturated carbocycles. The molecule has 0 unspecified atom stereocenters. The van der Waals surface area contributed by atoms with Crippen LogP contribution in [0.4, 0.5) is 0 Å². The molecule has 2 aromatic rings. The first-order chi connectivity index (χ1) is 13.0. The fourth-order valence-corrected chi connectivity index (χ4v) is 4.25. The van der Waals surface area contributed by atoms with Gasteiger partial charge in [-0.05, 0) is 42.5 Å². The van der Waals surface area contributed by atoms with Crippen LogP contribution in [0.2, 0.25) is 0 Å². The molecule has 0 amide bonds. The molecule has 1 radical (unpaired) electrons. The van der Waals surface area contributed by atoms with Crippen LogP contribution in [-0.4, -0.2) is 0 Å². The van der Waals surface area contributed by atoms with Crippen molar-refractivity contribution in [1.82, 2.24) is 0 Å². The molecule has 0 saturated heterocycles. The Morgan fingerprint density at radius 2 is 1.33 bits per heavy atom. The van der Waals surface area contributed by atoms with Crippen LogP contribution in [0.15, 0.2) is 48.5 Å². The van der Waals surface area contributed by atoms with E-state index in [-0.39, 0.29) is 0 Å². The molecule has 0 spiro atoms. The van der Waals surface area contributed by atoms with Crippen molar-refractivity contribution >= 4 is 7.60 Å². The van der Waals surface area contributed by atoms with Crippen molar-refractivity contribution in [3.63, 3.8) is 0 Å². The molecule has 0 heterocycles. The van der Waals surface area contributed by atoms with E-state index in [4.69, 9.17) is 9.05 Å². The van der Waals surface area contributed by atoms with Gasteiger partial charge < -0.3 is 9.05 Å². The summed E-state index contributed by atoms with van der Waals surface area (Å²) in [4.78, 5) is 0. The minimum Gasteiger partial charge on any atom is -0.304 e. The molecule has 0 N–H and O–H groups in total. The Balaban J connectivity index is 1.99. The third-order valence-corrected chi connectivity index (χ3v) is 6.42. The van der Waals surface area contributed by atoms with Gasteiger partial charge in [-0.25, -0.2) is 0 Å². The van der Waals surface area contributed by atoms with Gasteiger partial charge in [-0.2, -0.15) is 0 Å². The maximum atomic E-state index is 13.3. The lowest BCUT2D eigenvalue weighted by atomic mass is 10.1. The van der Waals surface area contributed by atoms with Crippen LogP contribution >= 0.6 is 7.60 Å². The molecule has 2 aromatic carbocycles. The number of hydrogen-bond acceptors (Lipinski definition) is 3. The number of rotatable bonds is 12. The van der Waals surface area contributed by atoms with Gasteiger partial charge in [-0.1, -0.05) is 81.1 Å². The summed E-state index contributed by atoms with van der Waals surface area (Å²) in [6, 6.07) is 16.0. The van der Waals surface area contributed by atoms with Crippen LogP contribution in [-0.2, 0) is 26.8 Å². The summed E-state index contributed by atoms with van der Waals surface area (Å²) in [5.74, 6) is 0. The highest BCUT2D eigenvalue weighted by molar-refractivity contribution is 7.56. The summed E-state index contributed by atoms with van der Waals surface area (Å²) < 4.78 is 25.0. The maximum absolute atomic E-state index is 13.3. The van der Waals surface area contributed by atoms with Gasteiger partial charge >= 0.3 is 7.60 Å². The van der Waals surface area contributed by atoms with Gasteiger partial charge in [0.2, 0.25) is 0 Å². The van der Waals surface area contributed by atoms with Crippen molar-refractivity contribution < 1.29 is 13.6 Å². The Morgan fingerprint density at radius 1 is 0.815 bits per heavy atom. The second-order valence-corrected chi connectivity index (χ2v) is 8.93. The standard InChI is InChI=1S/C23H32O3P/c1-4-5-6-7-12-17-27(24,25-18-22-15-10-8-13-20(22)2)26-19-23-16-11-9-14-21(23)3/h8-11,13-17H,4-7,12,18-19H2,1-3H3. The summed E-state index contributed by atoms with van der Waals surface area (Å²) >= 11 is 0. The summed E-state index contributed by atoms with van der Waals surface area (Å²) in [7, 11) is -3.26. The van der Waals surface area contributed by atoms with E-state index in [1.54, 1.807) is 6.16 Å². The number of benzene rings is 2. The SMILES string of the molecule is CCCCCC[CH]P(=O)(OCc1ccccc1C)OCc1ccccc1C. The quantitative estimate of drug-likeness (QED) is 0.282. The van der Waals surface area contributed by atoms with Crippen LogP contribution in [0.25, 0.3) is 0 Å². The molecule has 0 fully saturated rings. The van der Waals surface area contributed by atoms with E-state index in [2.05, 4.69) is 6.92 Å². The summed E-state index contributed by atoms with van der Waals surface area (Å²) in [5.41, 5.74) is 4.34. The fraction of sp³-hybridized carbons (Fsp3) is 0.435. The first-order valence-electron chi connectivity index (χ1n) is 9.86. The summed E-state index contributed by atoms with van der Waals surface area (Å²) in [5, 5.41) is 0. The lowest BCUT2D eigenvalue weighted by Crippen LogP contribution is -2.00. The van der Waals surface area contributed by atoms with Gasteiger partial charge in [0.25, 0.3) is 0 Å². The van der Waals surface area contributed by atoms with Crippen LogP contribution in [0.5, 0.6) is 0 Å². The highest BCUT2D eigenvalue weighted by atomic mass is 31.2. The molecular formula is C23H32O3P. The molecule has 27 heavy (non-hydrogen) atoms. The summed E-state index contributed by atoms with van der Waals surface area (Å²) in [6.07, 6.45) is 7.05. The fourth-order valence-electron chi connectivity index (χ4n) is 2.83. The van der Waals surface area contributed by atoms with Gasteiger partial charge in [-0.15, -0.1) is 0 Å². The van der Waals surface area contributed by atoms with E-state index in [0.29, 0.717) is 13.2 Å². The first kappa shape index (κ1) is 21.9. The zero-order valence-electron chi connectivity index (χ0n) is 16.8. The Hall–Kier alpha value is -1.41. The van der Waals surface area contributed by atoms with Crippen molar-refractivity contribution in [1.29, 1.82) is 0 Å². The second-order valence-electron chi connectivity index (χ2n) is 6.97. The molecule has 0 atom stereocenters. The maximum Gasteiger partial charge on any atom is 0.335 e. The van der Waals surface area contributed by atoms with Crippen molar-refractivity contribution in [2.45, 2.75) is 66.1 Å². The predicted octanol–water partition coefficient (Wildman–Crippen LogP) is 7.36. The van der Waals surface area contributed by atoms with Gasteiger partial charge in [0, 0.05) is 0 Å². The van der Waals surface area contributed by atoms with E-state index in [9.17, 15) is 4.57 Å². The Labute approximate surface area is 164 Å². The number of aryl methyl sites for hydroxylation is 2. The van der Waals surface area contributed by atoms with E-state index in [0.717, 1.165) is 41.5 Å². The molecule has 2 rings (SSSR count). The van der Waals surface area contributed by atoms with Crippen LogP contribution in [0.1, 0.15) is 61.3 Å². The molecule has 147 valence electrons.